The van der Waals surface area contributed by atoms with E-state index in [1.807, 2.05) is 0 Å². The van der Waals surface area contributed by atoms with Crippen LogP contribution in [0.4, 0.5) is 0 Å². The molecule has 1 fully saturated rings. The van der Waals surface area contributed by atoms with Crippen molar-refractivity contribution in [1.29, 1.82) is 0 Å². The molecule has 1 N–H and O–H groups in total. The molecule has 0 spiro atoms. The zero-order valence-corrected chi connectivity index (χ0v) is 9.15. The van der Waals surface area contributed by atoms with Crippen LogP contribution in [0.3, 0.4) is 0 Å². The van der Waals surface area contributed by atoms with Crippen molar-refractivity contribution in [2.45, 2.75) is 31.2 Å². The van der Waals surface area contributed by atoms with Crippen LogP contribution in [0.25, 0.3) is 0 Å². The van der Waals surface area contributed by atoms with Crippen molar-refractivity contribution >= 4 is 16.1 Å². The van der Waals surface area contributed by atoms with Crippen molar-refractivity contribution < 1.29 is 18.7 Å². The maximum Gasteiger partial charge on any atom is 0.695 e. The molecule has 6 heteroatoms. The average molecular weight is 217 g/mol. The van der Waals surface area contributed by atoms with Crippen LogP contribution in [0, 0.1) is 5.92 Å². The van der Waals surface area contributed by atoms with Gasteiger partial charge in [0.05, 0.1) is 14.5 Å². The molecular weight excluding hydrogens is 202 g/mol. The number of hydrogen-bond acceptors (Lipinski definition) is 3. The molecule has 1 aliphatic carbocycles. The second kappa shape index (κ2) is 5.81. The van der Waals surface area contributed by atoms with E-state index in [4.69, 9.17) is 22.0 Å². The van der Waals surface area contributed by atoms with Gasteiger partial charge in [-0.05, 0) is 12.8 Å². The Hall–Kier alpha value is 0.0449. The molecule has 0 aromatic carbocycles. The first-order valence-corrected chi connectivity index (χ1v) is 5.84. The summed E-state index contributed by atoms with van der Waals surface area (Å²) >= 11 is 0. The molecule has 2 radical (unpaired) electrons. The molecule has 0 bridgehead atoms. The van der Waals surface area contributed by atoms with Crippen LogP contribution in [0.2, 0.25) is 5.82 Å². The molecule has 0 aromatic heterocycles. The highest BCUT2D eigenvalue weighted by atomic mass is 31.1. The fourth-order valence-electron chi connectivity index (χ4n) is 1.87. The van der Waals surface area contributed by atoms with Gasteiger partial charge in [-0.3, -0.25) is 0 Å². The molecule has 0 amide bonds. The number of ether oxygens (including phenoxy) is 1. The molecule has 0 aromatic rings. The summed E-state index contributed by atoms with van der Waals surface area (Å²) < 4.78 is 20.5. The summed E-state index contributed by atoms with van der Waals surface area (Å²) in [7, 11) is 4.84. The third-order valence-corrected chi connectivity index (χ3v) is 3.03. The monoisotopic (exact) mass is 217 g/mol. The number of rotatable bonds is 4. The van der Waals surface area contributed by atoms with E-state index in [1.165, 1.54) is 0 Å². The summed E-state index contributed by atoms with van der Waals surface area (Å²) in [6, 6.07) is 0. The largest absolute Gasteiger partial charge is 0.695 e. The predicted octanol–water partition coefficient (Wildman–Crippen LogP) is 1.42. The van der Waals surface area contributed by atoms with Gasteiger partial charge in [0.1, 0.15) is 6.10 Å². The van der Waals surface area contributed by atoms with E-state index in [0.717, 1.165) is 12.8 Å². The van der Waals surface area contributed by atoms with E-state index in [2.05, 4.69) is 0 Å². The van der Waals surface area contributed by atoms with Gasteiger partial charge in [0.15, 0.2) is 0 Å². The highest BCUT2D eigenvalue weighted by Crippen LogP contribution is 2.36. The van der Waals surface area contributed by atoms with E-state index in [1.54, 1.807) is 7.11 Å². The van der Waals surface area contributed by atoms with Gasteiger partial charge >= 0.3 is 8.25 Å². The molecule has 78 valence electrons. The summed E-state index contributed by atoms with van der Waals surface area (Å²) in [4.78, 5) is 8.68. The molecule has 1 saturated carbocycles. The molecule has 1 rings (SSSR count). The third-order valence-electron chi connectivity index (χ3n) is 2.58. The third kappa shape index (κ3) is 3.66. The second-order valence-electron chi connectivity index (χ2n) is 3.67. The van der Waals surface area contributed by atoms with Crippen molar-refractivity contribution in [3.05, 3.63) is 0 Å². The van der Waals surface area contributed by atoms with Gasteiger partial charge in [0.2, 0.25) is 0 Å². The lowest BCUT2D eigenvalue weighted by atomic mass is 9.71. The summed E-state index contributed by atoms with van der Waals surface area (Å²) in [6.45, 7) is 0.556. The van der Waals surface area contributed by atoms with Gasteiger partial charge < -0.3 is 4.74 Å². The molecule has 0 aliphatic heterocycles. The maximum absolute atomic E-state index is 10.6. The summed E-state index contributed by atoms with van der Waals surface area (Å²) in [5.41, 5.74) is 0. The standard InChI is InChI=1S/C8H14BO4P/c1-12-5-6-2-3-7(9)4-8(6)13-14(10)11/h6-8H,2-5H2,1H3/p+1/t6-,7-,8+/m1/s1. The van der Waals surface area contributed by atoms with Gasteiger partial charge in [-0.1, -0.05) is 12.2 Å². The smallest absolute Gasteiger partial charge is 0.384 e. The normalized spacial score (nSPS) is 34.1. The average Bonchev–Trinajstić information content (AvgIpc) is 2.09. The van der Waals surface area contributed by atoms with E-state index in [9.17, 15) is 4.57 Å². The Labute approximate surface area is 86.3 Å². The molecular formula is C8H15BO4P+. The minimum atomic E-state index is -2.54. The Bertz CT molecular complexity index is 202. The number of methoxy groups -OCH3 is 1. The van der Waals surface area contributed by atoms with Crippen molar-refractivity contribution in [2.75, 3.05) is 13.7 Å². The molecule has 0 heterocycles. The van der Waals surface area contributed by atoms with Crippen LogP contribution in [-0.4, -0.2) is 32.6 Å². The first-order valence-electron chi connectivity index (χ1n) is 4.71. The highest BCUT2D eigenvalue weighted by Gasteiger charge is 2.35. The van der Waals surface area contributed by atoms with Crippen LogP contribution in [0.15, 0.2) is 0 Å². The molecule has 1 aliphatic rings. The zero-order valence-electron chi connectivity index (χ0n) is 8.26. The Morgan fingerprint density at radius 2 is 2.29 bits per heavy atom. The lowest BCUT2D eigenvalue weighted by molar-refractivity contribution is 0.0350. The SMILES string of the molecule is [B][C@@H]1CC[C@H](COC)[C@@H](O[P+](=O)O)C1. The van der Waals surface area contributed by atoms with Crippen LogP contribution in [0.5, 0.6) is 0 Å². The second-order valence-corrected chi connectivity index (χ2v) is 4.36. The van der Waals surface area contributed by atoms with E-state index < -0.39 is 8.25 Å². The minimum absolute atomic E-state index is 0.0723. The van der Waals surface area contributed by atoms with Crippen LogP contribution in [0.1, 0.15) is 19.3 Å². The van der Waals surface area contributed by atoms with Crippen molar-refractivity contribution in [3.63, 3.8) is 0 Å². The van der Waals surface area contributed by atoms with Crippen LogP contribution < -0.4 is 0 Å². The zero-order chi connectivity index (χ0) is 10.6. The Morgan fingerprint density at radius 3 is 2.86 bits per heavy atom. The fraction of sp³-hybridized carbons (Fsp3) is 1.00. The predicted molar refractivity (Wildman–Crippen MR) is 53.4 cm³/mol. The van der Waals surface area contributed by atoms with E-state index in [0.29, 0.717) is 13.0 Å². The van der Waals surface area contributed by atoms with E-state index >= 15 is 0 Å². The van der Waals surface area contributed by atoms with Crippen molar-refractivity contribution in [1.82, 2.24) is 0 Å². The first kappa shape index (κ1) is 12.1. The van der Waals surface area contributed by atoms with Gasteiger partial charge in [-0.2, -0.15) is 0 Å². The fourth-order valence-corrected chi connectivity index (χ4v) is 2.36. The van der Waals surface area contributed by atoms with Gasteiger partial charge in [-0.15, -0.1) is 9.42 Å². The molecule has 1 unspecified atom stereocenters. The van der Waals surface area contributed by atoms with Gasteiger partial charge in [0, 0.05) is 17.6 Å². The lowest BCUT2D eigenvalue weighted by Crippen LogP contribution is -2.31. The Balaban J connectivity index is 2.49. The minimum Gasteiger partial charge on any atom is -0.384 e. The summed E-state index contributed by atoms with van der Waals surface area (Å²) in [6.07, 6.45) is 2.21. The van der Waals surface area contributed by atoms with Crippen molar-refractivity contribution in [3.8, 4) is 0 Å². The first-order chi connectivity index (χ1) is 6.63. The van der Waals surface area contributed by atoms with Crippen LogP contribution >= 0.6 is 8.25 Å². The molecule has 14 heavy (non-hydrogen) atoms. The lowest BCUT2D eigenvalue weighted by Gasteiger charge is -2.30. The Kier molecular flexibility index (Phi) is 5.03. The highest BCUT2D eigenvalue weighted by molar-refractivity contribution is 7.32. The van der Waals surface area contributed by atoms with Crippen LogP contribution in [-0.2, 0) is 13.8 Å². The molecule has 0 saturated heterocycles. The molecule has 4 atom stereocenters. The summed E-state index contributed by atoms with van der Waals surface area (Å²) in [5.74, 6) is 0.258. The van der Waals surface area contributed by atoms with Gasteiger partial charge in [0.25, 0.3) is 0 Å². The summed E-state index contributed by atoms with van der Waals surface area (Å²) in [5, 5.41) is 0. The quantitative estimate of drug-likeness (QED) is 0.571. The Morgan fingerprint density at radius 1 is 1.57 bits per heavy atom. The van der Waals surface area contributed by atoms with Gasteiger partial charge in [-0.25, -0.2) is 0 Å². The van der Waals surface area contributed by atoms with Crippen molar-refractivity contribution in [2.24, 2.45) is 5.92 Å². The number of hydrogen-bond donors (Lipinski definition) is 1. The maximum atomic E-state index is 10.6. The topological polar surface area (TPSA) is 55.8 Å². The van der Waals surface area contributed by atoms with E-state index in [-0.39, 0.29) is 17.8 Å². The molecule has 4 nitrogen and oxygen atoms in total.